The van der Waals surface area contributed by atoms with Gasteiger partial charge in [0, 0.05) is 18.8 Å². The maximum atomic E-state index is 8.81. The summed E-state index contributed by atoms with van der Waals surface area (Å²) >= 11 is 0. The monoisotopic (exact) mass is 286 g/mol. The van der Waals surface area contributed by atoms with Crippen molar-refractivity contribution in [2.75, 3.05) is 13.2 Å². The summed E-state index contributed by atoms with van der Waals surface area (Å²) < 4.78 is 5.78. The molecule has 2 rings (SSSR count). The van der Waals surface area contributed by atoms with Crippen LogP contribution in [0.15, 0.2) is 48.7 Å². The number of nitrogens with one attached hydrogen (secondary N) is 1. The zero-order valence-electron chi connectivity index (χ0n) is 12.3. The zero-order chi connectivity index (χ0) is 14.9. The smallest absolute Gasteiger partial charge is 0.130 e. The number of aromatic nitrogens is 1. The standard InChI is InChI=1S/C17H22N2O2/c1-14(18-10-5-11-20)15-6-4-8-17(12-15)21-13-16-7-2-3-9-19-16/h2-4,6-9,12,14,18,20H,5,10-11,13H2,1H3. The average Bonchev–Trinajstić information content (AvgIpc) is 2.54. The van der Waals surface area contributed by atoms with Crippen molar-refractivity contribution < 1.29 is 9.84 Å². The van der Waals surface area contributed by atoms with Crippen LogP contribution in [0.4, 0.5) is 0 Å². The van der Waals surface area contributed by atoms with Gasteiger partial charge >= 0.3 is 0 Å². The molecule has 0 aliphatic heterocycles. The molecule has 2 aromatic rings. The van der Waals surface area contributed by atoms with Gasteiger partial charge in [-0.2, -0.15) is 0 Å². The first-order valence-electron chi connectivity index (χ1n) is 7.26. The molecule has 2 N–H and O–H groups in total. The van der Waals surface area contributed by atoms with Gasteiger partial charge in [-0.3, -0.25) is 4.98 Å². The van der Waals surface area contributed by atoms with Gasteiger partial charge in [-0.1, -0.05) is 18.2 Å². The molecule has 1 aromatic heterocycles. The number of hydrogen-bond acceptors (Lipinski definition) is 4. The first kappa shape index (κ1) is 15.5. The minimum Gasteiger partial charge on any atom is -0.487 e. The molecule has 0 amide bonds. The van der Waals surface area contributed by atoms with Crippen molar-refractivity contribution in [1.29, 1.82) is 0 Å². The van der Waals surface area contributed by atoms with Gasteiger partial charge < -0.3 is 15.2 Å². The predicted octanol–water partition coefficient (Wildman–Crippen LogP) is 2.69. The van der Waals surface area contributed by atoms with Gasteiger partial charge in [0.05, 0.1) is 5.69 Å². The van der Waals surface area contributed by atoms with Crippen LogP contribution in [0.1, 0.15) is 30.6 Å². The van der Waals surface area contributed by atoms with Crippen molar-refractivity contribution in [3.63, 3.8) is 0 Å². The second-order valence-electron chi connectivity index (χ2n) is 4.94. The highest BCUT2D eigenvalue weighted by molar-refractivity contribution is 5.30. The van der Waals surface area contributed by atoms with Crippen LogP contribution in [0.3, 0.4) is 0 Å². The van der Waals surface area contributed by atoms with Gasteiger partial charge in [0.25, 0.3) is 0 Å². The number of rotatable bonds is 8. The van der Waals surface area contributed by atoms with Crippen molar-refractivity contribution >= 4 is 0 Å². The Balaban J connectivity index is 1.91. The minimum absolute atomic E-state index is 0.215. The van der Waals surface area contributed by atoms with Gasteiger partial charge in [0.2, 0.25) is 0 Å². The lowest BCUT2D eigenvalue weighted by molar-refractivity contribution is 0.283. The van der Waals surface area contributed by atoms with Crippen LogP contribution < -0.4 is 10.1 Å². The predicted molar refractivity (Wildman–Crippen MR) is 83.1 cm³/mol. The molecule has 0 aliphatic carbocycles. The number of aliphatic hydroxyl groups is 1. The summed E-state index contributed by atoms with van der Waals surface area (Å²) in [6.45, 7) is 3.59. The van der Waals surface area contributed by atoms with E-state index in [1.807, 2.05) is 36.4 Å². The Bertz CT molecular complexity index is 531. The fourth-order valence-electron chi connectivity index (χ4n) is 2.03. The number of ether oxygens (including phenoxy) is 1. The van der Waals surface area contributed by atoms with Gasteiger partial charge in [0.15, 0.2) is 0 Å². The lowest BCUT2D eigenvalue weighted by atomic mass is 10.1. The summed E-state index contributed by atoms with van der Waals surface area (Å²) in [6.07, 6.45) is 2.53. The Hall–Kier alpha value is -1.91. The minimum atomic E-state index is 0.215. The van der Waals surface area contributed by atoms with Gasteiger partial charge in [-0.25, -0.2) is 0 Å². The van der Waals surface area contributed by atoms with E-state index in [0.29, 0.717) is 6.61 Å². The molecule has 0 bridgehead atoms. The van der Waals surface area contributed by atoms with Crippen LogP contribution in [0, 0.1) is 0 Å². The van der Waals surface area contributed by atoms with Gasteiger partial charge in [-0.15, -0.1) is 0 Å². The molecule has 0 fully saturated rings. The molecule has 1 atom stereocenters. The van der Waals surface area contributed by atoms with Crippen molar-refractivity contribution in [3.05, 3.63) is 59.9 Å². The molecule has 1 heterocycles. The SMILES string of the molecule is CC(NCCCO)c1cccc(OCc2ccccn2)c1. The van der Waals surface area contributed by atoms with Crippen molar-refractivity contribution in [1.82, 2.24) is 10.3 Å². The molecule has 0 spiro atoms. The molecule has 112 valence electrons. The summed E-state index contributed by atoms with van der Waals surface area (Å²) in [5.41, 5.74) is 2.09. The average molecular weight is 286 g/mol. The number of benzene rings is 1. The largest absolute Gasteiger partial charge is 0.487 e. The van der Waals surface area contributed by atoms with Crippen molar-refractivity contribution in [2.24, 2.45) is 0 Å². The fraction of sp³-hybridized carbons (Fsp3) is 0.353. The number of aliphatic hydroxyl groups excluding tert-OH is 1. The number of pyridine rings is 1. The summed E-state index contributed by atoms with van der Waals surface area (Å²) in [7, 11) is 0. The Morgan fingerprint density at radius 3 is 2.90 bits per heavy atom. The van der Waals surface area contributed by atoms with Crippen LogP contribution in [0.25, 0.3) is 0 Å². The molecular weight excluding hydrogens is 264 g/mol. The van der Waals surface area contributed by atoms with Crippen LogP contribution in [-0.2, 0) is 6.61 Å². The Kier molecular flexibility index (Phi) is 6.19. The topological polar surface area (TPSA) is 54.4 Å². The summed E-state index contributed by atoms with van der Waals surface area (Å²) in [5.74, 6) is 0.842. The molecule has 0 radical (unpaired) electrons. The van der Waals surface area contributed by atoms with Crippen LogP contribution in [0.5, 0.6) is 5.75 Å². The van der Waals surface area contributed by atoms with Crippen LogP contribution in [0.2, 0.25) is 0 Å². The third-order valence-corrected chi connectivity index (χ3v) is 3.26. The molecule has 0 saturated carbocycles. The third kappa shape index (κ3) is 5.17. The molecule has 4 nitrogen and oxygen atoms in total. The highest BCUT2D eigenvalue weighted by Crippen LogP contribution is 2.19. The van der Waals surface area contributed by atoms with Crippen molar-refractivity contribution in [2.45, 2.75) is 26.0 Å². The normalized spacial score (nSPS) is 12.1. The second kappa shape index (κ2) is 8.39. The molecule has 0 saturated heterocycles. The maximum Gasteiger partial charge on any atom is 0.130 e. The van der Waals surface area contributed by atoms with E-state index in [1.54, 1.807) is 6.20 Å². The van der Waals surface area contributed by atoms with E-state index in [0.717, 1.165) is 24.4 Å². The van der Waals surface area contributed by atoms with Crippen molar-refractivity contribution in [3.8, 4) is 5.75 Å². The van der Waals surface area contributed by atoms with E-state index in [4.69, 9.17) is 9.84 Å². The molecule has 1 aromatic carbocycles. The fourth-order valence-corrected chi connectivity index (χ4v) is 2.03. The Morgan fingerprint density at radius 1 is 1.24 bits per heavy atom. The lowest BCUT2D eigenvalue weighted by Gasteiger charge is -2.15. The zero-order valence-corrected chi connectivity index (χ0v) is 12.3. The van der Waals surface area contributed by atoms with E-state index in [9.17, 15) is 0 Å². The Labute approximate surface area is 125 Å². The summed E-state index contributed by atoms with van der Waals surface area (Å²) in [6, 6.07) is 14.1. The third-order valence-electron chi connectivity index (χ3n) is 3.26. The van der Waals surface area contributed by atoms with Crippen LogP contribution in [-0.4, -0.2) is 23.2 Å². The molecule has 21 heavy (non-hydrogen) atoms. The highest BCUT2D eigenvalue weighted by Gasteiger charge is 2.06. The molecule has 4 heteroatoms. The number of nitrogens with zero attached hydrogens (tertiary/aromatic N) is 1. The quantitative estimate of drug-likeness (QED) is 0.733. The summed E-state index contributed by atoms with van der Waals surface area (Å²) in [5, 5.41) is 12.2. The van der Waals surface area contributed by atoms with E-state index in [-0.39, 0.29) is 12.6 Å². The Morgan fingerprint density at radius 2 is 2.14 bits per heavy atom. The van der Waals surface area contributed by atoms with E-state index >= 15 is 0 Å². The highest BCUT2D eigenvalue weighted by atomic mass is 16.5. The van der Waals surface area contributed by atoms with E-state index in [1.165, 1.54) is 5.56 Å². The molecular formula is C17H22N2O2. The van der Waals surface area contributed by atoms with E-state index < -0.39 is 0 Å². The van der Waals surface area contributed by atoms with E-state index in [2.05, 4.69) is 23.3 Å². The van der Waals surface area contributed by atoms with Gasteiger partial charge in [-0.05, 0) is 49.7 Å². The van der Waals surface area contributed by atoms with Crippen LogP contribution >= 0.6 is 0 Å². The first-order chi connectivity index (χ1) is 10.3. The maximum absolute atomic E-state index is 8.81. The first-order valence-corrected chi connectivity index (χ1v) is 7.26. The summed E-state index contributed by atoms with van der Waals surface area (Å²) in [4.78, 5) is 4.24. The lowest BCUT2D eigenvalue weighted by Crippen LogP contribution is -2.20. The van der Waals surface area contributed by atoms with Gasteiger partial charge in [0.1, 0.15) is 12.4 Å². The number of hydrogen-bond donors (Lipinski definition) is 2. The molecule has 1 unspecified atom stereocenters. The second-order valence-corrected chi connectivity index (χ2v) is 4.94. The molecule has 0 aliphatic rings.